The van der Waals surface area contributed by atoms with Crippen LogP contribution in [0, 0.1) is 11.8 Å². The van der Waals surface area contributed by atoms with E-state index >= 15 is 0 Å². The number of benzene rings is 1. The molecular weight excluding hydrogens is 376 g/mol. The van der Waals surface area contributed by atoms with Crippen LogP contribution >= 0.6 is 12.4 Å². The minimum atomic E-state index is -0.0327. The molecule has 28 heavy (non-hydrogen) atoms. The SMILES string of the molecule is CC(C)CC(CN)NC(=O)C1CCN(C(=O)N(C)Cc2ccccc2)CC1.Cl. The highest BCUT2D eigenvalue weighted by molar-refractivity contribution is 5.85. The lowest BCUT2D eigenvalue weighted by Gasteiger charge is -2.34. The van der Waals surface area contributed by atoms with Gasteiger partial charge in [0, 0.05) is 45.2 Å². The van der Waals surface area contributed by atoms with Crippen LogP contribution in [-0.4, -0.2) is 54.5 Å². The summed E-state index contributed by atoms with van der Waals surface area (Å²) in [6.07, 6.45) is 2.30. The Hall–Kier alpha value is -1.79. The summed E-state index contributed by atoms with van der Waals surface area (Å²) in [4.78, 5) is 28.8. The summed E-state index contributed by atoms with van der Waals surface area (Å²) in [5.74, 6) is 0.545. The largest absolute Gasteiger partial charge is 0.352 e. The van der Waals surface area contributed by atoms with Gasteiger partial charge in [0.05, 0.1) is 0 Å². The van der Waals surface area contributed by atoms with Gasteiger partial charge in [0.1, 0.15) is 0 Å². The Morgan fingerprint density at radius 1 is 1.21 bits per heavy atom. The maximum Gasteiger partial charge on any atom is 0.320 e. The minimum absolute atomic E-state index is 0. The topological polar surface area (TPSA) is 78.7 Å². The molecule has 1 heterocycles. The van der Waals surface area contributed by atoms with Gasteiger partial charge in [-0.15, -0.1) is 12.4 Å². The number of urea groups is 1. The summed E-state index contributed by atoms with van der Waals surface area (Å²) >= 11 is 0. The van der Waals surface area contributed by atoms with Crippen molar-refractivity contribution in [3.8, 4) is 0 Å². The number of halogens is 1. The molecule has 7 heteroatoms. The summed E-state index contributed by atoms with van der Waals surface area (Å²) in [5, 5.41) is 3.09. The average molecular weight is 411 g/mol. The van der Waals surface area contributed by atoms with Crippen LogP contribution in [0.5, 0.6) is 0 Å². The van der Waals surface area contributed by atoms with Crippen molar-refractivity contribution in [2.45, 2.75) is 45.7 Å². The van der Waals surface area contributed by atoms with Crippen molar-refractivity contribution >= 4 is 24.3 Å². The molecule has 1 aromatic carbocycles. The summed E-state index contributed by atoms with van der Waals surface area (Å²) in [5.41, 5.74) is 6.90. The molecule has 1 aliphatic rings. The second-order valence-electron chi connectivity index (χ2n) is 7.96. The predicted molar refractivity (Wildman–Crippen MR) is 115 cm³/mol. The van der Waals surface area contributed by atoms with E-state index < -0.39 is 0 Å². The molecule has 0 bridgehead atoms. The van der Waals surface area contributed by atoms with Gasteiger partial charge in [0.15, 0.2) is 0 Å². The van der Waals surface area contributed by atoms with Crippen LogP contribution in [0.1, 0.15) is 38.7 Å². The second-order valence-corrected chi connectivity index (χ2v) is 7.96. The Labute approximate surface area is 175 Å². The molecule has 1 saturated heterocycles. The molecule has 1 aliphatic heterocycles. The molecular formula is C21H35ClN4O2. The van der Waals surface area contributed by atoms with Gasteiger partial charge in [0.2, 0.25) is 5.91 Å². The lowest BCUT2D eigenvalue weighted by molar-refractivity contribution is -0.127. The second kappa shape index (κ2) is 11.9. The molecule has 1 aromatic rings. The third-order valence-corrected chi connectivity index (χ3v) is 5.11. The van der Waals surface area contributed by atoms with E-state index in [9.17, 15) is 9.59 Å². The van der Waals surface area contributed by atoms with Gasteiger partial charge in [-0.3, -0.25) is 4.79 Å². The number of hydrogen-bond acceptors (Lipinski definition) is 3. The third-order valence-electron chi connectivity index (χ3n) is 5.11. The number of nitrogens with zero attached hydrogens (tertiary/aromatic N) is 2. The van der Waals surface area contributed by atoms with E-state index in [1.807, 2.05) is 42.3 Å². The molecule has 1 atom stereocenters. The maximum atomic E-state index is 12.7. The fourth-order valence-corrected chi connectivity index (χ4v) is 3.60. The number of piperidine rings is 1. The Bertz CT molecular complexity index is 604. The first-order valence-corrected chi connectivity index (χ1v) is 9.95. The lowest BCUT2D eigenvalue weighted by atomic mass is 9.95. The van der Waals surface area contributed by atoms with Gasteiger partial charge >= 0.3 is 6.03 Å². The van der Waals surface area contributed by atoms with Crippen LogP contribution in [0.25, 0.3) is 0 Å². The van der Waals surface area contributed by atoms with Gasteiger partial charge in [-0.05, 0) is 30.7 Å². The van der Waals surface area contributed by atoms with Crippen LogP contribution < -0.4 is 11.1 Å². The quantitative estimate of drug-likeness (QED) is 0.725. The molecule has 0 aromatic heterocycles. The Kier molecular flexibility index (Phi) is 10.3. The van der Waals surface area contributed by atoms with E-state index in [0.717, 1.165) is 12.0 Å². The number of nitrogens with two attached hydrogens (primary N) is 1. The fraction of sp³-hybridized carbons (Fsp3) is 0.619. The van der Waals surface area contributed by atoms with E-state index in [1.54, 1.807) is 4.90 Å². The first-order valence-electron chi connectivity index (χ1n) is 9.95. The summed E-state index contributed by atoms with van der Waals surface area (Å²) < 4.78 is 0. The molecule has 2 rings (SSSR count). The van der Waals surface area contributed by atoms with Gasteiger partial charge < -0.3 is 20.9 Å². The summed E-state index contributed by atoms with van der Waals surface area (Å²) in [7, 11) is 1.83. The first kappa shape index (κ1) is 24.2. The van der Waals surface area contributed by atoms with Crippen molar-refractivity contribution in [2.24, 2.45) is 17.6 Å². The van der Waals surface area contributed by atoms with Crippen molar-refractivity contribution in [3.63, 3.8) is 0 Å². The van der Waals surface area contributed by atoms with Crippen molar-refractivity contribution in [1.82, 2.24) is 15.1 Å². The lowest BCUT2D eigenvalue weighted by Crippen LogP contribution is -2.49. The van der Waals surface area contributed by atoms with Gasteiger partial charge in [-0.1, -0.05) is 44.2 Å². The highest BCUT2D eigenvalue weighted by atomic mass is 35.5. The highest BCUT2D eigenvalue weighted by Gasteiger charge is 2.29. The van der Waals surface area contributed by atoms with Crippen molar-refractivity contribution in [2.75, 3.05) is 26.7 Å². The van der Waals surface area contributed by atoms with E-state index in [2.05, 4.69) is 19.2 Å². The zero-order chi connectivity index (χ0) is 19.8. The number of carbonyl (C=O) groups excluding carboxylic acids is 2. The third kappa shape index (κ3) is 7.32. The van der Waals surface area contributed by atoms with E-state index in [4.69, 9.17) is 5.73 Å². The molecule has 0 aliphatic carbocycles. The molecule has 1 fully saturated rings. The van der Waals surface area contributed by atoms with Crippen LogP contribution in [0.2, 0.25) is 0 Å². The normalized spacial score (nSPS) is 15.7. The molecule has 3 N–H and O–H groups in total. The average Bonchev–Trinajstić information content (AvgIpc) is 2.67. The van der Waals surface area contributed by atoms with Crippen molar-refractivity contribution in [1.29, 1.82) is 0 Å². The van der Waals surface area contributed by atoms with E-state index in [1.165, 1.54) is 0 Å². The van der Waals surface area contributed by atoms with Gasteiger partial charge in [-0.2, -0.15) is 0 Å². The first-order chi connectivity index (χ1) is 12.9. The molecule has 0 saturated carbocycles. The van der Waals surface area contributed by atoms with Crippen LogP contribution in [0.3, 0.4) is 0 Å². The van der Waals surface area contributed by atoms with E-state index in [-0.39, 0.29) is 36.3 Å². The standard InChI is InChI=1S/C21H34N4O2.ClH/c1-16(2)13-19(14-22)23-20(26)18-9-11-25(12-10-18)21(27)24(3)15-17-7-5-4-6-8-17;/h4-8,16,18-19H,9-15,22H2,1-3H3,(H,23,26);1H. The summed E-state index contributed by atoms with van der Waals surface area (Å²) in [6.45, 7) is 6.55. The minimum Gasteiger partial charge on any atom is -0.352 e. The number of likely N-dealkylation sites (tertiary alicyclic amines) is 1. The number of carbonyl (C=O) groups is 2. The number of amides is 3. The zero-order valence-corrected chi connectivity index (χ0v) is 18.1. The number of rotatable bonds is 7. The monoisotopic (exact) mass is 410 g/mol. The molecule has 0 spiro atoms. The zero-order valence-electron chi connectivity index (χ0n) is 17.3. The smallest absolute Gasteiger partial charge is 0.320 e. The summed E-state index contributed by atoms with van der Waals surface area (Å²) in [6, 6.07) is 10.0. The van der Waals surface area contributed by atoms with Crippen LogP contribution in [0.15, 0.2) is 30.3 Å². The molecule has 0 radical (unpaired) electrons. The number of hydrogen-bond donors (Lipinski definition) is 2. The van der Waals surface area contributed by atoms with Gasteiger partial charge in [0.25, 0.3) is 0 Å². The fourth-order valence-electron chi connectivity index (χ4n) is 3.60. The van der Waals surface area contributed by atoms with E-state index in [0.29, 0.717) is 44.9 Å². The Morgan fingerprint density at radius 2 is 1.82 bits per heavy atom. The highest BCUT2D eigenvalue weighted by Crippen LogP contribution is 2.19. The molecule has 158 valence electrons. The number of nitrogens with one attached hydrogen (secondary N) is 1. The van der Waals surface area contributed by atoms with Crippen LogP contribution in [0.4, 0.5) is 4.79 Å². The molecule has 1 unspecified atom stereocenters. The van der Waals surface area contributed by atoms with Crippen molar-refractivity contribution < 1.29 is 9.59 Å². The predicted octanol–water partition coefficient (Wildman–Crippen LogP) is 2.86. The van der Waals surface area contributed by atoms with Crippen LogP contribution in [-0.2, 0) is 11.3 Å². The molecule has 6 nitrogen and oxygen atoms in total. The molecule has 3 amide bonds. The van der Waals surface area contributed by atoms with Crippen molar-refractivity contribution in [3.05, 3.63) is 35.9 Å². The Balaban J connectivity index is 0.00000392. The maximum absolute atomic E-state index is 12.7. The Morgan fingerprint density at radius 3 is 2.36 bits per heavy atom. The van der Waals surface area contributed by atoms with Gasteiger partial charge in [-0.25, -0.2) is 4.79 Å².